The van der Waals surface area contributed by atoms with Gasteiger partial charge in [-0.15, -0.1) is 0 Å². The summed E-state index contributed by atoms with van der Waals surface area (Å²) in [6.45, 7) is 0.541. The first kappa shape index (κ1) is 19.6. The molecule has 1 unspecified atom stereocenters. The van der Waals surface area contributed by atoms with Crippen LogP contribution in [-0.2, 0) is 14.8 Å². The van der Waals surface area contributed by atoms with Crippen LogP contribution in [0.2, 0.25) is 0 Å². The Morgan fingerprint density at radius 2 is 1.96 bits per heavy atom. The molecule has 1 aromatic carbocycles. The highest BCUT2D eigenvalue weighted by molar-refractivity contribution is 7.88. The summed E-state index contributed by atoms with van der Waals surface area (Å²) in [6, 6.07) is 4.75. The minimum absolute atomic E-state index is 0.0300. The van der Waals surface area contributed by atoms with Gasteiger partial charge in [-0.3, -0.25) is 4.79 Å². The molecule has 5 nitrogen and oxygen atoms in total. The van der Waals surface area contributed by atoms with Crippen molar-refractivity contribution in [1.29, 1.82) is 0 Å². The van der Waals surface area contributed by atoms with Crippen LogP contribution in [0, 0.1) is 5.82 Å². The van der Waals surface area contributed by atoms with E-state index in [0.29, 0.717) is 12.1 Å². The number of hydrogen-bond acceptors (Lipinski definition) is 3. The van der Waals surface area contributed by atoms with Gasteiger partial charge in [-0.1, -0.05) is 23.8 Å². The fourth-order valence-electron chi connectivity index (χ4n) is 2.93. The monoisotopic (exact) mass is 368 g/mol. The van der Waals surface area contributed by atoms with Crippen molar-refractivity contribution in [3.05, 3.63) is 47.3 Å². The molecule has 1 atom stereocenters. The molecule has 138 valence electrons. The number of nitrogens with one attached hydrogen (secondary N) is 2. The van der Waals surface area contributed by atoms with Crippen LogP contribution in [0.4, 0.5) is 4.39 Å². The maximum Gasteiger partial charge on any atom is 0.221 e. The smallest absolute Gasteiger partial charge is 0.221 e. The quantitative estimate of drug-likeness (QED) is 0.693. The fraction of sp³-hybridized carbons (Fsp3) is 0.500. The van der Waals surface area contributed by atoms with E-state index in [9.17, 15) is 17.6 Å². The summed E-state index contributed by atoms with van der Waals surface area (Å²) in [4.78, 5) is 12.2. The number of allylic oxidation sites excluding steroid dienone is 1. The van der Waals surface area contributed by atoms with Crippen molar-refractivity contribution in [2.45, 2.75) is 44.6 Å². The molecule has 1 aliphatic rings. The predicted octanol–water partition coefficient (Wildman–Crippen LogP) is 2.81. The van der Waals surface area contributed by atoms with Crippen molar-refractivity contribution >= 4 is 15.9 Å². The van der Waals surface area contributed by atoms with Gasteiger partial charge in [0.15, 0.2) is 0 Å². The lowest BCUT2D eigenvalue weighted by Gasteiger charge is -2.18. The Kier molecular flexibility index (Phi) is 7.13. The molecule has 7 heteroatoms. The summed E-state index contributed by atoms with van der Waals surface area (Å²) in [5.41, 5.74) is 1.92. The highest BCUT2D eigenvalue weighted by Gasteiger charge is 2.20. The molecule has 2 rings (SSSR count). The molecule has 25 heavy (non-hydrogen) atoms. The number of carbonyl (C=O) groups excluding carboxylic acids is 1. The SMILES string of the molecule is CS(=O)(=O)NC(CC(=O)NCCC1=CCCCC1)c1ccc(F)cc1. The van der Waals surface area contributed by atoms with Crippen LogP contribution in [-0.4, -0.2) is 27.1 Å². The van der Waals surface area contributed by atoms with Crippen LogP contribution in [0.25, 0.3) is 0 Å². The summed E-state index contributed by atoms with van der Waals surface area (Å²) in [5.74, 6) is -0.644. The molecule has 0 heterocycles. The standard InChI is InChI=1S/C18H25FN2O3S/c1-25(23,24)21-17(15-7-9-16(19)10-8-15)13-18(22)20-12-11-14-5-3-2-4-6-14/h5,7-10,17,21H,2-4,6,11-13H2,1H3,(H,20,22). The zero-order valence-electron chi connectivity index (χ0n) is 14.4. The van der Waals surface area contributed by atoms with E-state index in [2.05, 4.69) is 16.1 Å². The highest BCUT2D eigenvalue weighted by atomic mass is 32.2. The first-order valence-electron chi connectivity index (χ1n) is 8.51. The average Bonchev–Trinajstić information content (AvgIpc) is 2.54. The minimum Gasteiger partial charge on any atom is -0.356 e. The fourth-order valence-corrected chi connectivity index (χ4v) is 3.67. The number of hydrogen-bond donors (Lipinski definition) is 2. The van der Waals surface area contributed by atoms with Crippen LogP contribution >= 0.6 is 0 Å². The highest BCUT2D eigenvalue weighted by Crippen LogP contribution is 2.20. The van der Waals surface area contributed by atoms with Gasteiger partial charge >= 0.3 is 0 Å². The van der Waals surface area contributed by atoms with E-state index >= 15 is 0 Å². The third-order valence-electron chi connectivity index (χ3n) is 4.17. The van der Waals surface area contributed by atoms with Gasteiger partial charge in [0, 0.05) is 13.0 Å². The Morgan fingerprint density at radius 3 is 2.56 bits per heavy atom. The molecule has 1 amide bonds. The van der Waals surface area contributed by atoms with Crippen LogP contribution in [0.15, 0.2) is 35.9 Å². The van der Waals surface area contributed by atoms with E-state index in [1.54, 1.807) is 0 Å². The molecular weight excluding hydrogens is 343 g/mol. The second-order valence-electron chi connectivity index (χ2n) is 6.41. The molecule has 0 saturated carbocycles. The number of sulfonamides is 1. The van der Waals surface area contributed by atoms with E-state index in [1.165, 1.54) is 42.7 Å². The van der Waals surface area contributed by atoms with Gasteiger partial charge in [-0.2, -0.15) is 0 Å². The van der Waals surface area contributed by atoms with Crippen LogP contribution in [0.5, 0.6) is 0 Å². The van der Waals surface area contributed by atoms with Crippen molar-refractivity contribution in [3.63, 3.8) is 0 Å². The third-order valence-corrected chi connectivity index (χ3v) is 4.88. The number of halogens is 1. The van der Waals surface area contributed by atoms with Crippen LogP contribution in [0.1, 0.15) is 50.1 Å². The normalized spacial score (nSPS) is 16.2. The molecule has 0 aromatic heterocycles. The largest absolute Gasteiger partial charge is 0.356 e. The Hall–Kier alpha value is -1.73. The van der Waals surface area contributed by atoms with E-state index in [0.717, 1.165) is 25.5 Å². The Balaban J connectivity index is 1.92. The first-order valence-corrected chi connectivity index (χ1v) is 10.4. The third kappa shape index (κ3) is 7.36. The maximum absolute atomic E-state index is 13.1. The van der Waals surface area contributed by atoms with Crippen LogP contribution in [0.3, 0.4) is 0 Å². The second kappa shape index (κ2) is 9.10. The number of amides is 1. The zero-order valence-corrected chi connectivity index (χ0v) is 15.2. The molecule has 0 fully saturated rings. The number of benzene rings is 1. The molecule has 0 saturated heterocycles. The molecular formula is C18H25FN2O3S. The lowest BCUT2D eigenvalue weighted by molar-refractivity contribution is -0.121. The average molecular weight is 368 g/mol. The van der Waals surface area contributed by atoms with Gasteiger partial charge in [-0.25, -0.2) is 17.5 Å². The van der Waals surface area contributed by atoms with E-state index in [1.807, 2.05) is 0 Å². The van der Waals surface area contributed by atoms with Crippen LogP contribution < -0.4 is 10.0 Å². The first-order chi connectivity index (χ1) is 11.8. The summed E-state index contributed by atoms with van der Waals surface area (Å²) in [7, 11) is -3.50. The van der Waals surface area contributed by atoms with Gasteiger partial charge in [0.1, 0.15) is 5.82 Å². The van der Waals surface area contributed by atoms with E-state index in [-0.39, 0.29) is 12.3 Å². The maximum atomic E-state index is 13.1. The van der Waals surface area contributed by atoms with E-state index < -0.39 is 21.9 Å². The minimum atomic E-state index is -3.50. The molecule has 1 aromatic rings. The molecule has 0 aliphatic heterocycles. The number of rotatable bonds is 8. The van der Waals surface area contributed by atoms with Gasteiger partial charge in [0.25, 0.3) is 0 Å². The molecule has 2 N–H and O–H groups in total. The van der Waals surface area contributed by atoms with Gasteiger partial charge in [0.05, 0.1) is 12.3 Å². The topological polar surface area (TPSA) is 75.3 Å². The van der Waals surface area contributed by atoms with Crippen molar-refractivity contribution in [2.24, 2.45) is 0 Å². The molecule has 0 spiro atoms. The Bertz CT molecular complexity index is 714. The summed E-state index contributed by atoms with van der Waals surface area (Å²) in [5, 5.41) is 2.84. The summed E-state index contributed by atoms with van der Waals surface area (Å²) >= 11 is 0. The van der Waals surface area contributed by atoms with Crippen molar-refractivity contribution in [2.75, 3.05) is 12.8 Å². The zero-order chi connectivity index (χ0) is 18.3. The summed E-state index contributed by atoms with van der Waals surface area (Å²) in [6.07, 6.45) is 8.69. The number of carbonyl (C=O) groups is 1. The van der Waals surface area contributed by atoms with E-state index in [4.69, 9.17) is 0 Å². The van der Waals surface area contributed by atoms with Crippen molar-refractivity contribution in [3.8, 4) is 0 Å². The Labute approximate surface area is 148 Å². The van der Waals surface area contributed by atoms with Crippen molar-refractivity contribution < 1.29 is 17.6 Å². The molecule has 0 radical (unpaired) electrons. The van der Waals surface area contributed by atoms with Gasteiger partial charge in [0.2, 0.25) is 15.9 Å². The lowest BCUT2D eigenvalue weighted by atomic mass is 9.97. The van der Waals surface area contributed by atoms with Crippen molar-refractivity contribution in [1.82, 2.24) is 10.0 Å². The Morgan fingerprint density at radius 1 is 1.24 bits per heavy atom. The molecule has 1 aliphatic carbocycles. The summed E-state index contributed by atoms with van der Waals surface area (Å²) < 4.78 is 38.6. The predicted molar refractivity (Wildman–Crippen MR) is 95.9 cm³/mol. The second-order valence-corrected chi connectivity index (χ2v) is 8.19. The molecule has 0 bridgehead atoms. The van der Waals surface area contributed by atoms with Gasteiger partial charge in [-0.05, 0) is 49.8 Å². The lowest BCUT2D eigenvalue weighted by Crippen LogP contribution is -2.33. The van der Waals surface area contributed by atoms with Gasteiger partial charge < -0.3 is 5.32 Å².